The summed E-state index contributed by atoms with van der Waals surface area (Å²) in [6, 6.07) is 0. The molecule has 2 atom stereocenters. The van der Waals surface area contributed by atoms with Crippen LogP contribution in [0.1, 0.15) is 64.2 Å². The van der Waals surface area contributed by atoms with Crippen LogP contribution in [0.4, 0.5) is 9.59 Å². The summed E-state index contributed by atoms with van der Waals surface area (Å²) in [4.78, 5) is 22.2. The van der Waals surface area contributed by atoms with E-state index in [1.165, 1.54) is 0 Å². The van der Waals surface area contributed by atoms with Gasteiger partial charge in [-0.15, -0.1) is 0 Å². The van der Waals surface area contributed by atoms with E-state index in [1.807, 2.05) is 0 Å². The number of ether oxygens (including phenoxy) is 2. The summed E-state index contributed by atoms with van der Waals surface area (Å²) in [5.41, 5.74) is 0. The average Bonchev–Trinajstić information content (AvgIpc) is 2.52. The van der Waals surface area contributed by atoms with E-state index in [0.717, 1.165) is 64.2 Å². The van der Waals surface area contributed by atoms with Crippen molar-refractivity contribution in [3.8, 4) is 0 Å². The summed E-state index contributed by atoms with van der Waals surface area (Å²) in [6.45, 7) is 0. The van der Waals surface area contributed by atoms with E-state index in [9.17, 15) is 9.59 Å². The Balaban J connectivity index is 2.15. The maximum atomic E-state index is 11.1. The molecule has 0 aromatic rings. The van der Waals surface area contributed by atoms with Gasteiger partial charge in [-0.2, -0.15) is 0 Å². The first-order valence-corrected chi connectivity index (χ1v) is 8.37. The summed E-state index contributed by atoms with van der Waals surface area (Å²) in [7, 11) is 0. The first-order valence-electron chi connectivity index (χ1n) is 8.37. The van der Waals surface area contributed by atoms with E-state index in [-0.39, 0.29) is 11.8 Å². The van der Waals surface area contributed by atoms with Gasteiger partial charge in [0.15, 0.2) is 0 Å². The zero-order valence-electron chi connectivity index (χ0n) is 12.9. The topological polar surface area (TPSA) is 93.1 Å². The third-order valence-electron chi connectivity index (χ3n) is 5.03. The lowest BCUT2D eigenvalue weighted by molar-refractivity contribution is -0.0946. The number of carbonyl (C=O) groups is 2. The highest BCUT2D eigenvalue weighted by atomic mass is 16.7. The molecule has 0 spiro atoms. The molecule has 0 aromatic heterocycles. The minimum Gasteiger partial charge on any atom is -0.450 e. The van der Waals surface area contributed by atoms with Gasteiger partial charge >= 0.3 is 12.3 Å². The Morgan fingerprint density at radius 1 is 0.682 bits per heavy atom. The minimum absolute atomic E-state index is 0.0659. The van der Waals surface area contributed by atoms with Crippen LogP contribution in [0.5, 0.6) is 0 Å². The fourth-order valence-corrected chi connectivity index (χ4v) is 4.02. The lowest BCUT2D eigenvalue weighted by Crippen LogP contribution is -2.45. The number of hydrogen-bond donors (Lipinski definition) is 2. The first-order chi connectivity index (χ1) is 10.6. The van der Waals surface area contributed by atoms with Crippen LogP contribution in [0.2, 0.25) is 0 Å². The van der Waals surface area contributed by atoms with Gasteiger partial charge in [-0.25, -0.2) is 9.59 Å². The average molecular weight is 314 g/mol. The molecule has 2 fully saturated rings. The number of hydrogen-bond acceptors (Lipinski definition) is 4. The molecule has 0 bridgehead atoms. The summed E-state index contributed by atoms with van der Waals surface area (Å²) in [6.07, 6.45) is 5.92. The van der Waals surface area contributed by atoms with Crippen LogP contribution >= 0.6 is 0 Å². The third kappa shape index (κ3) is 4.78. The molecular formula is C16H26O6. The molecule has 0 aromatic carbocycles. The van der Waals surface area contributed by atoms with E-state index < -0.39 is 24.5 Å². The summed E-state index contributed by atoms with van der Waals surface area (Å²) in [5.74, 6) is 0.132. The van der Waals surface area contributed by atoms with Crippen molar-refractivity contribution in [1.29, 1.82) is 0 Å². The largest absolute Gasteiger partial charge is 0.506 e. The second-order valence-electron chi connectivity index (χ2n) is 6.49. The van der Waals surface area contributed by atoms with Gasteiger partial charge in [0.2, 0.25) is 0 Å². The van der Waals surface area contributed by atoms with E-state index in [4.69, 9.17) is 19.7 Å². The quantitative estimate of drug-likeness (QED) is 0.736. The van der Waals surface area contributed by atoms with Gasteiger partial charge in [-0.1, -0.05) is 38.5 Å². The molecule has 0 heterocycles. The van der Waals surface area contributed by atoms with Gasteiger partial charge in [0.1, 0.15) is 12.2 Å². The second kappa shape index (κ2) is 8.25. The monoisotopic (exact) mass is 314 g/mol. The fourth-order valence-electron chi connectivity index (χ4n) is 4.02. The molecule has 2 unspecified atom stereocenters. The van der Waals surface area contributed by atoms with E-state index in [0.29, 0.717) is 0 Å². The number of carboxylic acid groups (broad SMARTS) is 2. The van der Waals surface area contributed by atoms with Crippen molar-refractivity contribution >= 4 is 12.3 Å². The zero-order valence-corrected chi connectivity index (χ0v) is 12.9. The summed E-state index contributed by atoms with van der Waals surface area (Å²) in [5, 5.41) is 18.1. The van der Waals surface area contributed by atoms with Crippen molar-refractivity contribution in [1.82, 2.24) is 0 Å². The van der Waals surface area contributed by atoms with Gasteiger partial charge in [0, 0.05) is 0 Å². The van der Waals surface area contributed by atoms with Crippen molar-refractivity contribution in [2.75, 3.05) is 0 Å². The van der Waals surface area contributed by atoms with Crippen LogP contribution < -0.4 is 0 Å². The molecule has 2 aliphatic rings. The first kappa shape index (κ1) is 16.9. The third-order valence-corrected chi connectivity index (χ3v) is 5.03. The predicted octanol–water partition coefficient (Wildman–Crippen LogP) is 4.27. The van der Waals surface area contributed by atoms with Gasteiger partial charge in [-0.3, -0.25) is 0 Å². The van der Waals surface area contributed by atoms with Crippen LogP contribution in [-0.4, -0.2) is 34.7 Å². The predicted molar refractivity (Wildman–Crippen MR) is 78.9 cm³/mol. The Morgan fingerprint density at radius 3 is 1.27 bits per heavy atom. The van der Waals surface area contributed by atoms with Gasteiger partial charge in [-0.05, 0) is 37.5 Å². The molecule has 0 aliphatic heterocycles. The highest BCUT2D eigenvalue weighted by molar-refractivity contribution is 5.58. The molecule has 0 radical (unpaired) electrons. The van der Waals surface area contributed by atoms with Crippen LogP contribution in [0, 0.1) is 11.8 Å². The lowest BCUT2D eigenvalue weighted by Gasteiger charge is -2.38. The molecule has 126 valence electrons. The zero-order chi connectivity index (χ0) is 15.9. The van der Waals surface area contributed by atoms with E-state index >= 15 is 0 Å². The summed E-state index contributed by atoms with van der Waals surface area (Å²) >= 11 is 0. The molecule has 2 saturated carbocycles. The molecule has 22 heavy (non-hydrogen) atoms. The lowest BCUT2D eigenvalue weighted by atomic mass is 9.76. The summed E-state index contributed by atoms with van der Waals surface area (Å²) < 4.78 is 10.3. The normalized spacial score (nSPS) is 23.5. The molecule has 2 aliphatic carbocycles. The molecular weight excluding hydrogens is 288 g/mol. The second-order valence-corrected chi connectivity index (χ2v) is 6.49. The molecule has 6 heteroatoms. The Hall–Kier alpha value is -1.46. The maximum absolute atomic E-state index is 11.1. The fraction of sp³-hybridized carbons (Fsp3) is 0.875. The Kier molecular flexibility index (Phi) is 6.34. The Labute approximate surface area is 130 Å². The van der Waals surface area contributed by atoms with Crippen LogP contribution in [0.25, 0.3) is 0 Å². The van der Waals surface area contributed by atoms with Crippen LogP contribution in [-0.2, 0) is 9.47 Å². The van der Waals surface area contributed by atoms with Gasteiger partial charge in [0.25, 0.3) is 0 Å². The smallest absolute Gasteiger partial charge is 0.450 e. The Bertz CT molecular complexity index is 335. The molecule has 0 saturated heterocycles. The molecule has 6 nitrogen and oxygen atoms in total. The highest BCUT2D eigenvalue weighted by Crippen LogP contribution is 2.37. The molecule has 2 N–H and O–H groups in total. The van der Waals surface area contributed by atoms with Crippen LogP contribution in [0.15, 0.2) is 0 Å². The molecule has 2 rings (SSSR count). The van der Waals surface area contributed by atoms with Crippen molar-refractivity contribution < 1.29 is 29.3 Å². The van der Waals surface area contributed by atoms with Crippen molar-refractivity contribution in [3.63, 3.8) is 0 Å². The SMILES string of the molecule is O=C(O)OC(C1CCCCC1)C(OC(=O)O)C1CCCCC1. The Morgan fingerprint density at radius 2 is 1.00 bits per heavy atom. The van der Waals surface area contributed by atoms with Crippen molar-refractivity contribution in [2.24, 2.45) is 11.8 Å². The minimum atomic E-state index is -1.34. The maximum Gasteiger partial charge on any atom is 0.506 e. The highest BCUT2D eigenvalue weighted by Gasteiger charge is 2.41. The van der Waals surface area contributed by atoms with Gasteiger partial charge < -0.3 is 19.7 Å². The molecule has 0 amide bonds. The van der Waals surface area contributed by atoms with E-state index in [1.54, 1.807) is 0 Å². The van der Waals surface area contributed by atoms with Crippen molar-refractivity contribution in [3.05, 3.63) is 0 Å². The van der Waals surface area contributed by atoms with Crippen molar-refractivity contribution in [2.45, 2.75) is 76.4 Å². The standard InChI is InChI=1S/C16H26O6/c17-15(18)21-13(11-7-3-1-4-8-11)14(22-16(19)20)12-9-5-2-6-10-12/h11-14H,1-10H2,(H,17,18)(H,19,20). The number of rotatable bonds is 5. The van der Waals surface area contributed by atoms with Crippen LogP contribution in [0.3, 0.4) is 0 Å². The van der Waals surface area contributed by atoms with Gasteiger partial charge in [0.05, 0.1) is 0 Å². The van der Waals surface area contributed by atoms with E-state index in [2.05, 4.69) is 0 Å².